The maximum absolute atomic E-state index is 9.96. The van der Waals surface area contributed by atoms with E-state index in [9.17, 15) is 10.2 Å². The molecule has 2 N–H and O–H groups in total. The number of unbranched alkanes of at least 4 members (excludes halogenated alkanes) is 2. The summed E-state index contributed by atoms with van der Waals surface area (Å²) in [6.07, 6.45) is 16.0. The van der Waals surface area contributed by atoms with Crippen molar-refractivity contribution in [1.82, 2.24) is 9.97 Å². The second-order valence-corrected chi connectivity index (χ2v) is 17.8. The van der Waals surface area contributed by atoms with E-state index in [1.54, 1.807) is 24.2 Å². The highest BCUT2D eigenvalue weighted by molar-refractivity contribution is 8.00. The summed E-state index contributed by atoms with van der Waals surface area (Å²) < 4.78 is 20.9. The highest BCUT2D eigenvalue weighted by Crippen LogP contribution is 2.62. The van der Waals surface area contributed by atoms with Crippen LogP contribution in [0.1, 0.15) is 67.7 Å². The van der Waals surface area contributed by atoms with Gasteiger partial charge in [-0.3, -0.25) is 9.97 Å². The van der Waals surface area contributed by atoms with Crippen molar-refractivity contribution in [3.8, 4) is 11.5 Å². The SMILES string of the molecule is C=CCO[C@@]12Oc3ccc(OCCSc4ccccc4)cc3[C@H]3[C@H](CCCCO)[C@@H](CCCCO)C=C(C(=NOCc4ccccc4)C[C@@H]1SCCc1cnccn1)[C@H]32. The van der Waals surface area contributed by atoms with E-state index in [1.165, 1.54) is 4.90 Å². The molecule has 0 unspecified atom stereocenters. The van der Waals surface area contributed by atoms with E-state index in [1.807, 2.05) is 54.4 Å². The molecule has 1 saturated carbocycles. The summed E-state index contributed by atoms with van der Waals surface area (Å²) in [7, 11) is 0. The van der Waals surface area contributed by atoms with Gasteiger partial charge in [-0.05, 0) is 84.7 Å². The number of aliphatic hydroxyl groups is 2. The molecule has 59 heavy (non-hydrogen) atoms. The molecule has 9 nitrogen and oxygen atoms in total. The first-order chi connectivity index (χ1) is 29.1. The fourth-order valence-corrected chi connectivity index (χ4v) is 11.1. The second kappa shape index (κ2) is 21.9. The van der Waals surface area contributed by atoms with Crippen LogP contribution in [0.15, 0.2) is 132 Å². The second-order valence-electron chi connectivity index (χ2n) is 15.3. The zero-order valence-corrected chi connectivity index (χ0v) is 35.4. The van der Waals surface area contributed by atoms with Crippen LogP contribution in [0.2, 0.25) is 0 Å². The molecule has 1 aliphatic heterocycles. The summed E-state index contributed by atoms with van der Waals surface area (Å²) in [5.74, 6) is 2.38. The molecule has 2 aliphatic carbocycles. The average Bonchev–Trinajstić information content (AvgIpc) is 3.27. The predicted molar refractivity (Wildman–Crippen MR) is 237 cm³/mol. The molecule has 3 aliphatic rings. The predicted octanol–water partition coefficient (Wildman–Crippen LogP) is 9.46. The largest absolute Gasteiger partial charge is 0.493 e. The van der Waals surface area contributed by atoms with Gasteiger partial charge in [0.15, 0.2) is 0 Å². The number of aryl methyl sites for hydroxylation is 1. The van der Waals surface area contributed by atoms with Gasteiger partial charge >= 0.3 is 0 Å². The molecule has 0 amide bonds. The summed E-state index contributed by atoms with van der Waals surface area (Å²) in [5.41, 5.74) is 5.14. The number of allylic oxidation sites excluding steroid dienone is 1. The van der Waals surface area contributed by atoms with E-state index in [-0.39, 0.29) is 42.1 Å². The van der Waals surface area contributed by atoms with E-state index in [0.717, 1.165) is 96.1 Å². The molecular weight excluding hydrogens is 779 g/mol. The van der Waals surface area contributed by atoms with Crippen LogP contribution in [0.25, 0.3) is 0 Å². The van der Waals surface area contributed by atoms with Crippen LogP contribution in [0.4, 0.5) is 0 Å². The Bertz CT molecular complexity index is 1970. The summed E-state index contributed by atoms with van der Waals surface area (Å²) in [6, 6.07) is 26.8. The van der Waals surface area contributed by atoms with Crippen molar-refractivity contribution >= 4 is 29.2 Å². The number of nitrogens with zero attached hydrogens (tertiary/aromatic N) is 3. The molecule has 7 rings (SSSR count). The van der Waals surface area contributed by atoms with Gasteiger partial charge in [-0.25, -0.2) is 0 Å². The Labute approximate surface area is 357 Å². The number of benzene rings is 3. The maximum Gasteiger partial charge on any atom is 0.230 e. The number of ether oxygens (including phenoxy) is 3. The number of hydrogen-bond acceptors (Lipinski definition) is 11. The highest BCUT2D eigenvalue weighted by atomic mass is 32.2. The van der Waals surface area contributed by atoms with E-state index in [0.29, 0.717) is 26.2 Å². The maximum atomic E-state index is 9.96. The Hall–Kier alpha value is -4.13. The third kappa shape index (κ3) is 10.8. The minimum Gasteiger partial charge on any atom is -0.493 e. The van der Waals surface area contributed by atoms with Gasteiger partial charge in [0.25, 0.3) is 0 Å². The van der Waals surface area contributed by atoms with Gasteiger partial charge in [0.05, 0.1) is 35.8 Å². The molecular formula is C48H57N3O6S2. The van der Waals surface area contributed by atoms with Gasteiger partial charge in [0.1, 0.15) is 18.1 Å². The van der Waals surface area contributed by atoms with E-state index in [2.05, 4.69) is 71.2 Å². The zero-order chi connectivity index (χ0) is 40.7. The van der Waals surface area contributed by atoms with Gasteiger partial charge in [0, 0.05) is 66.8 Å². The summed E-state index contributed by atoms with van der Waals surface area (Å²) in [4.78, 5) is 16.3. The number of aromatic nitrogens is 2. The van der Waals surface area contributed by atoms with Crippen LogP contribution >= 0.6 is 23.5 Å². The Morgan fingerprint density at radius 3 is 2.49 bits per heavy atom. The minimum absolute atomic E-state index is 0.00802. The van der Waals surface area contributed by atoms with Gasteiger partial charge in [-0.1, -0.05) is 78.7 Å². The van der Waals surface area contributed by atoms with Crippen molar-refractivity contribution in [1.29, 1.82) is 0 Å². The van der Waals surface area contributed by atoms with Gasteiger partial charge in [0.2, 0.25) is 5.79 Å². The minimum atomic E-state index is -1.04. The lowest BCUT2D eigenvalue weighted by Crippen LogP contribution is -2.64. The van der Waals surface area contributed by atoms with Crippen LogP contribution in [0.5, 0.6) is 11.5 Å². The Morgan fingerprint density at radius 1 is 0.932 bits per heavy atom. The van der Waals surface area contributed by atoms with Crippen LogP contribution in [-0.4, -0.2) is 74.9 Å². The summed E-state index contributed by atoms with van der Waals surface area (Å²) in [6.45, 7) is 5.63. The molecule has 0 spiro atoms. The first kappa shape index (κ1) is 43.0. The van der Waals surface area contributed by atoms with Crippen molar-refractivity contribution in [2.75, 3.05) is 37.9 Å². The first-order valence-corrected chi connectivity index (χ1v) is 23.1. The number of rotatable bonds is 23. The molecule has 0 bridgehead atoms. The van der Waals surface area contributed by atoms with E-state index >= 15 is 0 Å². The number of thioether (sulfide) groups is 2. The average molecular weight is 836 g/mol. The van der Waals surface area contributed by atoms with Crippen LogP contribution < -0.4 is 9.47 Å². The fraction of sp³-hybridized carbons (Fsp3) is 0.438. The molecule has 0 radical (unpaired) electrons. The van der Waals surface area contributed by atoms with Gasteiger partial charge in [-0.15, -0.1) is 18.3 Å². The molecule has 1 aromatic heterocycles. The topological polar surface area (TPSA) is 116 Å². The molecule has 312 valence electrons. The van der Waals surface area contributed by atoms with Crippen molar-refractivity contribution < 1.29 is 29.3 Å². The molecule has 2 heterocycles. The number of hydrogen-bond donors (Lipinski definition) is 2. The monoisotopic (exact) mass is 835 g/mol. The van der Waals surface area contributed by atoms with Crippen molar-refractivity contribution in [3.63, 3.8) is 0 Å². The number of fused-ring (bicyclic) bond motifs is 2. The van der Waals surface area contributed by atoms with Crippen LogP contribution in [0.3, 0.4) is 0 Å². The van der Waals surface area contributed by atoms with Crippen LogP contribution in [-0.2, 0) is 22.6 Å². The Morgan fingerprint density at radius 2 is 1.73 bits per heavy atom. The normalized spacial score (nSPS) is 23.7. The van der Waals surface area contributed by atoms with Crippen molar-refractivity contribution in [2.24, 2.45) is 22.9 Å². The number of oxime groups is 1. The molecule has 0 saturated heterocycles. The third-order valence-electron chi connectivity index (χ3n) is 11.5. The lowest BCUT2D eigenvalue weighted by molar-refractivity contribution is -0.223. The fourth-order valence-electron chi connectivity index (χ4n) is 8.93. The van der Waals surface area contributed by atoms with Crippen molar-refractivity contribution in [3.05, 3.63) is 139 Å². The van der Waals surface area contributed by atoms with Crippen molar-refractivity contribution in [2.45, 2.75) is 79.8 Å². The van der Waals surface area contributed by atoms with Crippen LogP contribution in [0, 0.1) is 17.8 Å². The molecule has 11 heteroatoms. The van der Waals surface area contributed by atoms with E-state index in [4.69, 9.17) is 24.2 Å². The highest BCUT2D eigenvalue weighted by Gasteiger charge is 2.64. The molecule has 4 aromatic rings. The Balaban J connectivity index is 1.30. The number of aliphatic hydroxyl groups excluding tert-OH is 2. The first-order valence-electron chi connectivity index (χ1n) is 21.0. The Kier molecular flexibility index (Phi) is 16.0. The summed E-state index contributed by atoms with van der Waals surface area (Å²) >= 11 is 3.61. The third-order valence-corrected chi connectivity index (χ3v) is 13.8. The lowest BCUT2D eigenvalue weighted by atomic mass is 9.56. The lowest BCUT2D eigenvalue weighted by Gasteiger charge is -2.58. The molecule has 6 atom stereocenters. The molecule has 1 fully saturated rings. The quantitative estimate of drug-likeness (QED) is 0.0324. The standard InChI is InChI=1S/C48H57N3O6S2/c1-2-26-55-48-45(59-28-21-37-33-49-22-23-50-37)32-43(51-56-34-35-13-5-3-6-14-35)41-30-36(15-9-11-24-52)40(18-10-12-25-53)46(47(41)48)42-31-38(19-20-44(42)57-48)54-27-29-58-39-16-7-4-8-17-39/h2-8,13-14,16-17,19-20,22-23,30-31,33,36,40,45-47,52-53H,1,9-12,15,18,21,24-29,32,34H2/t36-,40+,45-,46+,47+,48+/m0/s1. The zero-order valence-electron chi connectivity index (χ0n) is 33.8. The molecule has 3 aromatic carbocycles. The van der Waals surface area contributed by atoms with Gasteiger partial charge < -0.3 is 29.3 Å². The van der Waals surface area contributed by atoms with E-state index < -0.39 is 5.79 Å². The summed E-state index contributed by atoms with van der Waals surface area (Å²) in [5, 5.41) is 24.6. The van der Waals surface area contributed by atoms with Gasteiger partial charge in [-0.2, -0.15) is 11.8 Å². The smallest absolute Gasteiger partial charge is 0.230 e.